The Bertz CT molecular complexity index is 541. The summed E-state index contributed by atoms with van der Waals surface area (Å²) in [5.41, 5.74) is 2.53. The molecule has 1 aromatic carbocycles. The number of benzene rings is 1. The number of hydrogen-bond donors (Lipinski definition) is 2. The van der Waals surface area contributed by atoms with Crippen LogP contribution < -0.4 is 10.7 Å². The van der Waals surface area contributed by atoms with Crippen molar-refractivity contribution in [1.29, 1.82) is 0 Å². The molecular formula is C14H16FN3O2. The summed E-state index contributed by atoms with van der Waals surface area (Å²) in [6, 6.07) is 5.59. The van der Waals surface area contributed by atoms with Gasteiger partial charge in [-0.25, -0.2) is 9.82 Å². The summed E-state index contributed by atoms with van der Waals surface area (Å²) in [4.78, 5) is 23.0. The highest BCUT2D eigenvalue weighted by atomic mass is 19.1. The van der Waals surface area contributed by atoms with E-state index >= 15 is 0 Å². The fourth-order valence-corrected chi connectivity index (χ4v) is 1.37. The number of rotatable bonds is 6. The van der Waals surface area contributed by atoms with Gasteiger partial charge in [0.1, 0.15) is 5.82 Å². The van der Waals surface area contributed by atoms with Crippen molar-refractivity contribution in [2.24, 2.45) is 5.10 Å². The van der Waals surface area contributed by atoms with Crippen molar-refractivity contribution in [3.05, 3.63) is 48.3 Å². The van der Waals surface area contributed by atoms with E-state index in [9.17, 15) is 14.0 Å². The van der Waals surface area contributed by atoms with Crippen LogP contribution in [-0.2, 0) is 4.79 Å². The molecule has 0 atom stereocenters. The van der Waals surface area contributed by atoms with Gasteiger partial charge in [0.05, 0.1) is 12.0 Å². The van der Waals surface area contributed by atoms with Gasteiger partial charge in [0.25, 0.3) is 5.91 Å². The summed E-state index contributed by atoms with van der Waals surface area (Å²) >= 11 is 0. The molecule has 20 heavy (non-hydrogen) atoms. The minimum absolute atomic E-state index is 0.0470. The molecule has 0 bridgehead atoms. The van der Waals surface area contributed by atoms with Crippen molar-refractivity contribution in [3.8, 4) is 0 Å². The van der Waals surface area contributed by atoms with Gasteiger partial charge in [-0.1, -0.05) is 18.2 Å². The van der Waals surface area contributed by atoms with E-state index in [1.165, 1.54) is 18.2 Å². The predicted molar refractivity (Wildman–Crippen MR) is 74.8 cm³/mol. The minimum atomic E-state index is -0.658. The van der Waals surface area contributed by atoms with Crippen LogP contribution in [0, 0.1) is 5.82 Å². The Morgan fingerprint density at radius 1 is 1.40 bits per heavy atom. The smallest absolute Gasteiger partial charge is 0.274 e. The molecule has 0 fully saturated rings. The first-order valence-corrected chi connectivity index (χ1v) is 6.00. The summed E-state index contributed by atoms with van der Waals surface area (Å²) < 4.78 is 13.3. The molecule has 1 aromatic rings. The van der Waals surface area contributed by atoms with E-state index in [1.54, 1.807) is 19.1 Å². The first-order chi connectivity index (χ1) is 9.54. The molecule has 0 saturated heterocycles. The molecule has 0 aliphatic carbocycles. The lowest BCUT2D eigenvalue weighted by atomic mass is 10.2. The van der Waals surface area contributed by atoms with Gasteiger partial charge in [-0.05, 0) is 19.1 Å². The molecule has 1 rings (SSSR count). The molecule has 0 spiro atoms. The lowest BCUT2D eigenvalue weighted by molar-refractivity contribution is -0.119. The van der Waals surface area contributed by atoms with Crippen molar-refractivity contribution in [2.45, 2.75) is 13.3 Å². The number of amides is 2. The third kappa shape index (κ3) is 5.01. The van der Waals surface area contributed by atoms with Gasteiger partial charge in [-0.2, -0.15) is 5.10 Å². The Hall–Kier alpha value is -2.50. The zero-order valence-corrected chi connectivity index (χ0v) is 11.1. The van der Waals surface area contributed by atoms with Gasteiger partial charge in [0, 0.05) is 12.3 Å². The third-order valence-electron chi connectivity index (χ3n) is 2.33. The monoisotopic (exact) mass is 277 g/mol. The Morgan fingerprint density at radius 2 is 2.10 bits per heavy atom. The standard InChI is InChI=1S/C14H16FN3O2/c1-3-8-16-13(19)9-10(2)17-18-14(20)11-6-4-5-7-12(11)15/h3-7H,1,8-9H2,2H3,(H,16,19)(H,18,20)/b17-10+. The van der Waals surface area contributed by atoms with Crippen LogP contribution in [0.15, 0.2) is 42.0 Å². The average molecular weight is 277 g/mol. The Kier molecular flexibility index (Phi) is 6.09. The average Bonchev–Trinajstić information content (AvgIpc) is 2.43. The molecule has 106 valence electrons. The fraction of sp³-hybridized carbons (Fsp3) is 0.214. The Balaban J connectivity index is 2.54. The molecule has 6 heteroatoms. The number of nitrogens with one attached hydrogen (secondary N) is 2. The molecule has 2 amide bonds. The third-order valence-corrected chi connectivity index (χ3v) is 2.33. The maximum absolute atomic E-state index is 13.3. The van der Waals surface area contributed by atoms with Crippen LogP contribution in [0.5, 0.6) is 0 Å². The van der Waals surface area contributed by atoms with E-state index in [-0.39, 0.29) is 17.9 Å². The molecule has 0 radical (unpaired) electrons. The van der Waals surface area contributed by atoms with E-state index in [0.717, 1.165) is 0 Å². The summed E-state index contributed by atoms with van der Waals surface area (Å²) in [5, 5.41) is 6.33. The van der Waals surface area contributed by atoms with Crippen LogP contribution >= 0.6 is 0 Å². The second-order valence-corrected chi connectivity index (χ2v) is 4.04. The molecule has 0 heterocycles. The zero-order chi connectivity index (χ0) is 15.0. The van der Waals surface area contributed by atoms with E-state index in [2.05, 4.69) is 22.4 Å². The van der Waals surface area contributed by atoms with E-state index in [4.69, 9.17) is 0 Å². The first kappa shape index (κ1) is 15.6. The van der Waals surface area contributed by atoms with Crippen molar-refractivity contribution >= 4 is 17.5 Å². The molecule has 0 saturated carbocycles. The minimum Gasteiger partial charge on any atom is -0.352 e. The highest BCUT2D eigenvalue weighted by molar-refractivity contribution is 6.01. The summed E-state index contributed by atoms with van der Waals surface area (Å²) in [6.45, 7) is 5.44. The van der Waals surface area contributed by atoms with E-state index in [1.807, 2.05) is 0 Å². The van der Waals surface area contributed by atoms with Gasteiger partial charge >= 0.3 is 0 Å². The number of carbonyl (C=O) groups is 2. The van der Waals surface area contributed by atoms with Crippen LogP contribution in [0.4, 0.5) is 4.39 Å². The maximum atomic E-state index is 13.3. The van der Waals surface area contributed by atoms with Crippen molar-refractivity contribution in [1.82, 2.24) is 10.7 Å². The fourth-order valence-electron chi connectivity index (χ4n) is 1.37. The van der Waals surface area contributed by atoms with Gasteiger partial charge in [0.15, 0.2) is 0 Å². The number of carbonyl (C=O) groups excluding carboxylic acids is 2. The normalized spacial score (nSPS) is 10.8. The topological polar surface area (TPSA) is 70.6 Å². The Morgan fingerprint density at radius 3 is 2.75 bits per heavy atom. The summed E-state index contributed by atoms with van der Waals surface area (Å²) in [7, 11) is 0. The number of halogens is 1. The highest BCUT2D eigenvalue weighted by Gasteiger charge is 2.10. The largest absolute Gasteiger partial charge is 0.352 e. The summed E-state index contributed by atoms with van der Waals surface area (Å²) in [5.74, 6) is -1.51. The molecule has 5 nitrogen and oxygen atoms in total. The predicted octanol–water partition coefficient (Wildman–Crippen LogP) is 1.62. The lowest BCUT2D eigenvalue weighted by Crippen LogP contribution is -2.26. The van der Waals surface area contributed by atoms with Crippen LogP contribution in [0.2, 0.25) is 0 Å². The van der Waals surface area contributed by atoms with Gasteiger partial charge in [-0.3, -0.25) is 9.59 Å². The van der Waals surface area contributed by atoms with Crippen LogP contribution in [0.3, 0.4) is 0 Å². The molecule has 2 N–H and O–H groups in total. The van der Waals surface area contributed by atoms with Gasteiger partial charge < -0.3 is 5.32 Å². The van der Waals surface area contributed by atoms with Crippen molar-refractivity contribution in [3.63, 3.8) is 0 Å². The quantitative estimate of drug-likeness (QED) is 0.471. The number of hydrogen-bond acceptors (Lipinski definition) is 3. The Labute approximate surface area is 116 Å². The first-order valence-electron chi connectivity index (χ1n) is 6.00. The second-order valence-electron chi connectivity index (χ2n) is 4.04. The van der Waals surface area contributed by atoms with E-state index in [0.29, 0.717) is 12.3 Å². The second kappa shape index (κ2) is 7.83. The maximum Gasteiger partial charge on any atom is 0.274 e. The molecule has 0 aliphatic rings. The van der Waals surface area contributed by atoms with Crippen LogP contribution in [-0.4, -0.2) is 24.1 Å². The molecule has 0 aromatic heterocycles. The van der Waals surface area contributed by atoms with Crippen molar-refractivity contribution in [2.75, 3.05) is 6.54 Å². The number of hydrazone groups is 1. The lowest BCUT2D eigenvalue weighted by Gasteiger charge is -2.04. The number of nitrogens with zero attached hydrogens (tertiary/aromatic N) is 1. The van der Waals surface area contributed by atoms with Crippen LogP contribution in [0.25, 0.3) is 0 Å². The van der Waals surface area contributed by atoms with E-state index < -0.39 is 11.7 Å². The van der Waals surface area contributed by atoms with Gasteiger partial charge in [0.2, 0.25) is 5.91 Å². The SMILES string of the molecule is C=CCNC(=O)C/C(C)=N/NC(=O)c1ccccc1F. The summed E-state index contributed by atoms with van der Waals surface area (Å²) in [6.07, 6.45) is 1.61. The molecular weight excluding hydrogens is 261 g/mol. The molecule has 0 aliphatic heterocycles. The highest BCUT2D eigenvalue weighted by Crippen LogP contribution is 2.05. The van der Waals surface area contributed by atoms with Crippen molar-refractivity contribution < 1.29 is 14.0 Å². The van der Waals surface area contributed by atoms with Crippen LogP contribution in [0.1, 0.15) is 23.7 Å². The van der Waals surface area contributed by atoms with Gasteiger partial charge in [-0.15, -0.1) is 6.58 Å². The molecule has 0 unspecified atom stereocenters. The zero-order valence-electron chi connectivity index (χ0n) is 11.1.